The number of amides is 2. The van der Waals surface area contributed by atoms with E-state index in [1.165, 1.54) is 25.6 Å². The van der Waals surface area contributed by atoms with Crippen LogP contribution in [0.1, 0.15) is 56.9 Å². The zero-order valence-electron chi connectivity index (χ0n) is 17.8. The summed E-state index contributed by atoms with van der Waals surface area (Å²) in [5.41, 5.74) is 7.99. The third-order valence-electron chi connectivity index (χ3n) is 6.51. The number of nitrogens with one attached hydrogen (secondary N) is 1. The fourth-order valence-corrected chi connectivity index (χ4v) is 4.85. The van der Waals surface area contributed by atoms with Crippen LogP contribution < -0.4 is 11.1 Å². The molecule has 2 heterocycles. The molecule has 2 unspecified atom stereocenters. The van der Waals surface area contributed by atoms with Crippen LogP contribution in [0.25, 0.3) is 5.69 Å². The zero-order chi connectivity index (χ0) is 21.6. The van der Waals surface area contributed by atoms with E-state index in [9.17, 15) is 9.59 Å². The molecule has 0 bridgehead atoms. The molecule has 1 aliphatic heterocycles. The summed E-state index contributed by atoms with van der Waals surface area (Å²) < 4.78 is 1.57. The van der Waals surface area contributed by atoms with E-state index < -0.39 is 12.1 Å². The Balaban J connectivity index is 1.35. The quantitative estimate of drug-likeness (QED) is 0.695. The third-order valence-corrected chi connectivity index (χ3v) is 6.51. The van der Waals surface area contributed by atoms with E-state index in [4.69, 9.17) is 5.73 Å². The number of aromatic nitrogens is 4. The van der Waals surface area contributed by atoms with Gasteiger partial charge in [0.15, 0.2) is 0 Å². The number of para-hydroxylation sites is 1. The average Bonchev–Trinajstić information content (AvgIpc) is 3.50. The van der Waals surface area contributed by atoms with Gasteiger partial charge in [-0.15, -0.1) is 5.10 Å². The van der Waals surface area contributed by atoms with Gasteiger partial charge in [0.25, 0.3) is 0 Å². The number of rotatable bonds is 7. The Hall–Kier alpha value is -2.81. The van der Waals surface area contributed by atoms with Crippen LogP contribution in [0.2, 0.25) is 0 Å². The largest absolute Gasteiger partial charge is 0.350 e. The van der Waals surface area contributed by atoms with Crippen LogP contribution in [0.5, 0.6) is 0 Å². The molecule has 1 aliphatic carbocycles. The maximum absolute atomic E-state index is 13.0. The average molecular weight is 426 g/mol. The van der Waals surface area contributed by atoms with Gasteiger partial charge in [-0.3, -0.25) is 9.59 Å². The first-order chi connectivity index (χ1) is 15.1. The molecule has 0 radical (unpaired) electrons. The molecule has 0 spiro atoms. The predicted octanol–water partition coefficient (Wildman–Crippen LogP) is 1.57. The standard InChI is InChI=1S/C22H31N7O2/c23-18(13-16-7-2-1-3-8-16)22(31)28-12-6-11-20(28)21(30)24-14-17-9-4-5-10-19(17)29-15-25-26-27-29/h4-5,9-10,15-16,18,20H,1-3,6-8,11-14,23H2,(H,24,30). The Kier molecular flexibility index (Phi) is 6.91. The number of benzene rings is 1. The molecular weight excluding hydrogens is 394 g/mol. The van der Waals surface area contributed by atoms with E-state index in [2.05, 4.69) is 20.8 Å². The van der Waals surface area contributed by atoms with Crippen LogP contribution in [0, 0.1) is 5.92 Å². The maximum Gasteiger partial charge on any atom is 0.243 e. The Labute approximate surface area is 182 Å². The summed E-state index contributed by atoms with van der Waals surface area (Å²) >= 11 is 0. The molecular formula is C22H31N7O2. The molecule has 1 aromatic heterocycles. The van der Waals surface area contributed by atoms with Crippen LogP contribution in [0.4, 0.5) is 0 Å². The van der Waals surface area contributed by atoms with Crippen molar-refractivity contribution >= 4 is 11.8 Å². The van der Waals surface area contributed by atoms with Gasteiger partial charge in [0.2, 0.25) is 11.8 Å². The summed E-state index contributed by atoms with van der Waals surface area (Å²) in [6.07, 6.45) is 9.79. The minimum Gasteiger partial charge on any atom is -0.350 e. The van der Waals surface area contributed by atoms with Crippen molar-refractivity contribution in [2.24, 2.45) is 11.7 Å². The second-order valence-electron chi connectivity index (χ2n) is 8.64. The maximum atomic E-state index is 13.0. The molecule has 3 N–H and O–H groups in total. The van der Waals surface area contributed by atoms with Gasteiger partial charge >= 0.3 is 0 Å². The number of nitrogens with two attached hydrogens (primary N) is 1. The topological polar surface area (TPSA) is 119 Å². The summed E-state index contributed by atoms with van der Waals surface area (Å²) in [5, 5.41) is 14.3. The molecule has 1 saturated heterocycles. The number of hydrogen-bond acceptors (Lipinski definition) is 6. The van der Waals surface area contributed by atoms with Crippen molar-refractivity contribution in [3.05, 3.63) is 36.2 Å². The second-order valence-corrected chi connectivity index (χ2v) is 8.64. The van der Waals surface area contributed by atoms with Gasteiger partial charge in [-0.2, -0.15) is 0 Å². The van der Waals surface area contributed by atoms with E-state index in [1.54, 1.807) is 9.58 Å². The van der Waals surface area contributed by atoms with Crippen LogP contribution >= 0.6 is 0 Å². The Morgan fingerprint density at radius 2 is 1.94 bits per heavy atom. The van der Waals surface area contributed by atoms with Crippen LogP contribution in [-0.2, 0) is 16.1 Å². The monoisotopic (exact) mass is 425 g/mol. The van der Waals surface area contributed by atoms with Crippen LogP contribution in [-0.4, -0.2) is 55.5 Å². The fourth-order valence-electron chi connectivity index (χ4n) is 4.85. The van der Waals surface area contributed by atoms with Gasteiger partial charge in [0, 0.05) is 13.1 Å². The molecule has 1 aromatic carbocycles. The van der Waals surface area contributed by atoms with Gasteiger partial charge in [0.05, 0.1) is 11.7 Å². The second kappa shape index (κ2) is 10.00. The minimum atomic E-state index is -0.517. The Bertz CT molecular complexity index is 880. The summed E-state index contributed by atoms with van der Waals surface area (Å²) in [5.74, 6) is 0.310. The predicted molar refractivity (Wildman–Crippen MR) is 115 cm³/mol. The first-order valence-electron chi connectivity index (χ1n) is 11.3. The first-order valence-corrected chi connectivity index (χ1v) is 11.3. The molecule has 4 rings (SSSR count). The zero-order valence-corrected chi connectivity index (χ0v) is 17.8. The van der Waals surface area contributed by atoms with Gasteiger partial charge in [-0.1, -0.05) is 50.3 Å². The van der Waals surface area contributed by atoms with Crippen LogP contribution in [0.3, 0.4) is 0 Å². The summed E-state index contributed by atoms with van der Waals surface area (Å²) in [7, 11) is 0. The van der Waals surface area contributed by atoms with Crippen molar-refractivity contribution < 1.29 is 9.59 Å². The molecule has 31 heavy (non-hydrogen) atoms. The van der Waals surface area contributed by atoms with E-state index in [1.807, 2.05) is 24.3 Å². The Morgan fingerprint density at radius 1 is 1.13 bits per heavy atom. The lowest BCUT2D eigenvalue weighted by Gasteiger charge is -2.29. The number of likely N-dealkylation sites (tertiary alicyclic amines) is 1. The highest BCUT2D eigenvalue weighted by Gasteiger charge is 2.36. The molecule has 2 atom stereocenters. The molecule has 2 aromatic rings. The molecule has 166 valence electrons. The highest BCUT2D eigenvalue weighted by molar-refractivity contribution is 5.90. The normalized spacial score (nSPS) is 20.5. The van der Waals surface area contributed by atoms with Gasteiger partial charge < -0.3 is 16.0 Å². The molecule has 1 saturated carbocycles. The first kappa shape index (κ1) is 21.4. The smallest absolute Gasteiger partial charge is 0.243 e. The number of carbonyl (C=O) groups is 2. The third kappa shape index (κ3) is 5.10. The molecule has 2 fully saturated rings. The lowest BCUT2D eigenvalue weighted by molar-refractivity contribution is -0.139. The van der Waals surface area contributed by atoms with E-state index >= 15 is 0 Å². The lowest BCUT2D eigenvalue weighted by Crippen LogP contribution is -2.51. The number of tetrazole rings is 1. The molecule has 2 aliphatic rings. The molecule has 2 amide bonds. The summed E-state index contributed by atoms with van der Waals surface area (Å²) in [6.45, 7) is 0.929. The SMILES string of the molecule is NC(CC1CCCCC1)C(=O)N1CCCC1C(=O)NCc1ccccc1-n1cnnn1. The summed E-state index contributed by atoms with van der Waals surface area (Å²) in [4.78, 5) is 27.7. The van der Waals surface area contributed by atoms with Gasteiger partial charge in [-0.25, -0.2) is 4.68 Å². The van der Waals surface area contributed by atoms with Crippen molar-refractivity contribution in [3.8, 4) is 5.69 Å². The molecule has 9 nitrogen and oxygen atoms in total. The fraction of sp³-hybridized carbons (Fsp3) is 0.591. The van der Waals surface area contributed by atoms with Gasteiger partial charge in [0.1, 0.15) is 12.4 Å². The highest BCUT2D eigenvalue weighted by Crippen LogP contribution is 2.28. The van der Waals surface area contributed by atoms with Crippen LogP contribution in [0.15, 0.2) is 30.6 Å². The van der Waals surface area contributed by atoms with E-state index in [0.717, 1.165) is 36.9 Å². The van der Waals surface area contributed by atoms with E-state index in [-0.39, 0.29) is 11.8 Å². The lowest BCUT2D eigenvalue weighted by atomic mass is 9.84. The van der Waals surface area contributed by atoms with E-state index in [0.29, 0.717) is 25.4 Å². The van der Waals surface area contributed by atoms with Gasteiger partial charge in [-0.05, 0) is 47.2 Å². The highest BCUT2D eigenvalue weighted by atomic mass is 16.2. The van der Waals surface area contributed by atoms with Crippen molar-refractivity contribution in [2.75, 3.05) is 6.54 Å². The van der Waals surface area contributed by atoms with Crippen molar-refractivity contribution in [1.29, 1.82) is 0 Å². The summed E-state index contributed by atoms with van der Waals surface area (Å²) in [6, 6.07) is 6.66. The number of hydrogen-bond donors (Lipinski definition) is 2. The van der Waals surface area contributed by atoms with Crippen molar-refractivity contribution in [3.63, 3.8) is 0 Å². The molecule has 9 heteroatoms. The number of carbonyl (C=O) groups excluding carboxylic acids is 2. The Morgan fingerprint density at radius 3 is 2.71 bits per heavy atom. The van der Waals surface area contributed by atoms with Crippen molar-refractivity contribution in [1.82, 2.24) is 30.4 Å². The minimum absolute atomic E-state index is 0.0858. The van der Waals surface area contributed by atoms with Crippen molar-refractivity contribution in [2.45, 2.75) is 70.0 Å². The number of nitrogens with zero attached hydrogens (tertiary/aromatic N) is 5.